The molecule has 41 heavy (non-hydrogen) atoms. The summed E-state index contributed by atoms with van der Waals surface area (Å²) in [6, 6.07) is 7.50. The Labute approximate surface area is 231 Å². The number of aromatic nitrogens is 5. The first-order valence-corrected chi connectivity index (χ1v) is 13.1. The molecule has 3 aromatic heterocycles. The molecule has 1 spiro atoms. The summed E-state index contributed by atoms with van der Waals surface area (Å²) in [6.45, 7) is -1.34. The van der Waals surface area contributed by atoms with Crippen LogP contribution in [0.2, 0.25) is 0 Å². The molecule has 2 atom stereocenters. The molecule has 1 aromatic carbocycles. The molecule has 212 valence electrons. The average Bonchev–Trinajstić information content (AvgIpc) is 3.88. The van der Waals surface area contributed by atoms with Gasteiger partial charge in [0.15, 0.2) is 5.65 Å². The highest BCUT2D eigenvalue weighted by Crippen LogP contribution is 2.61. The van der Waals surface area contributed by atoms with E-state index >= 15 is 0 Å². The van der Waals surface area contributed by atoms with Crippen molar-refractivity contribution in [1.29, 1.82) is 0 Å². The van der Waals surface area contributed by atoms with Crippen LogP contribution in [0.1, 0.15) is 47.8 Å². The van der Waals surface area contributed by atoms with Crippen molar-refractivity contribution >= 4 is 17.2 Å². The minimum absolute atomic E-state index is 0.00776. The van der Waals surface area contributed by atoms with Crippen LogP contribution >= 0.6 is 0 Å². The van der Waals surface area contributed by atoms with E-state index in [1.807, 2.05) is 12.1 Å². The van der Waals surface area contributed by atoms with Gasteiger partial charge in [-0.05, 0) is 54.4 Å². The quantitative estimate of drug-likeness (QED) is 0.283. The van der Waals surface area contributed by atoms with E-state index in [-0.39, 0.29) is 17.8 Å². The van der Waals surface area contributed by atoms with Gasteiger partial charge in [-0.25, -0.2) is 23.3 Å². The molecule has 4 aromatic rings. The van der Waals surface area contributed by atoms with Crippen molar-refractivity contribution in [2.75, 3.05) is 25.7 Å². The Bertz CT molecular complexity index is 1710. The minimum atomic E-state index is -4.31. The van der Waals surface area contributed by atoms with Gasteiger partial charge in [-0.2, -0.15) is 18.9 Å². The standard InChI is InChI=1S/C28H24F4N6O3/c1-40-23-18(12-34-26(35-23)41-2)20-11-17(22-33-7-8-38(22)36-20)16-10-15(16)14-3-4-19-21(9-14)37(13-28(31,32)24(29)30)25(39)27(19)5-6-27/h3-4,7-9,11-12,15-16,24H,5-6,10,13H2,1-2H3/t15-,16+/m1/s1. The number of nitrogens with zero attached hydrogens (tertiary/aromatic N) is 6. The second kappa shape index (κ2) is 8.85. The zero-order chi connectivity index (χ0) is 28.7. The van der Waals surface area contributed by atoms with Gasteiger partial charge in [0.05, 0.1) is 37.4 Å². The lowest BCUT2D eigenvalue weighted by Gasteiger charge is -2.24. The molecule has 9 nitrogen and oxygen atoms in total. The van der Waals surface area contributed by atoms with Gasteiger partial charge in [0, 0.05) is 29.8 Å². The Kier molecular flexibility index (Phi) is 5.54. The predicted octanol–water partition coefficient (Wildman–Crippen LogP) is 4.75. The fourth-order valence-electron chi connectivity index (χ4n) is 5.97. The minimum Gasteiger partial charge on any atom is -0.480 e. The maximum atomic E-state index is 14.1. The normalized spacial score (nSPS) is 20.7. The summed E-state index contributed by atoms with van der Waals surface area (Å²) in [6.07, 6.45) is 2.87. The second-order valence-corrected chi connectivity index (χ2v) is 10.7. The van der Waals surface area contributed by atoms with E-state index in [0.29, 0.717) is 46.9 Å². The molecule has 2 fully saturated rings. The number of halogens is 4. The number of carbonyl (C=O) groups is 1. The number of alkyl halides is 4. The van der Waals surface area contributed by atoms with Gasteiger partial charge < -0.3 is 14.4 Å². The Morgan fingerprint density at radius 1 is 1.12 bits per heavy atom. The largest absolute Gasteiger partial charge is 0.480 e. The van der Waals surface area contributed by atoms with E-state index in [1.54, 1.807) is 35.2 Å². The molecule has 7 rings (SSSR count). The lowest BCUT2D eigenvalue weighted by Crippen LogP contribution is -2.44. The number of amides is 1. The number of methoxy groups -OCH3 is 2. The van der Waals surface area contributed by atoms with Crippen LogP contribution in [-0.4, -0.2) is 63.6 Å². The van der Waals surface area contributed by atoms with Gasteiger partial charge in [-0.15, -0.1) is 0 Å². The van der Waals surface area contributed by atoms with Crippen molar-refractivity contribution in [3.05, 3.63) is 59.5 Å². The highest BCUT2D eigenvalue weighted by molar-refractivity contribution is 6.10. The SMILES string of the molecule is COc1ncc(-c2cc([C@H]3C[C@@H]3c3ccc4c(c3)N(CC(F)(F)C(F)F)C(=O)C43CC3)c3nccn3n2)c(OC)n1. The van der Waals surface area contributed by atoms with Gasteiger partial charge in [0.1, 0.15) is 0 Å². The lowest BCUT2D eigenvalue weighted by molar-refractivity contribution is -0.131. The third-order valence-electron chi connectivity index (χ3n) is 8.31. The highest BCUT2D eigenvalue weighted by Gasteiger charge is 2.61. The van der Waals surface area contributed by atoms with Crippen LogP contribution in [0.3, 0.4) is 0 Å². The first kappa shape index (κ1) is 25.7. The zero-order valence-corrected chi connectivity index (χ0v) is 22.0. The fraction of sp³-hybridized carbons (Fsp3) is 0.393. The number of ether oxygens (including phenoxy) is 2. The molecule has 0 bridgehead atoms. The highest BCUT2D eigenvalue weighted by atomic mass is 19.3. The number of hydrogen-bond donors (Lipinski definition) is 0. The van der Waals surface area contributed by atoms with Crippen LogP contribution < -0.4 is 14.4 Å². The molecule has 2 saturated carbocycles. The van der Waals surface area contributed by atoms with Crippen LogP contribution in [0.15, 0.2) is 42.9 Å². The topological polar surface area (TPSA) is 94.7 Å². The first-order valence-electron chi connectivity index (χ1n) is 13.1. The van der Waals surface area contributed by atoms with E-state index in [9.17, 15) is 22.4 Å². The Morgan fingerprint density at radius 3 is 2.63 bits per heavy atom. The molecule has 2 aliphatic carbocycles. The van der Waals surface area contributed by atoms with Crippen molar-refractivity contribution < 1.29 is 31.8 Å². The Hall–Kier alpha value is -4.29. The van der Waals surface area contributed by atoms with Crippen molar-refractivity contribution in [2.45, 2.75) is 48.9 Å². The fourth-order valence-corrected chi connectivity index (χ4v) is 5.97. The Morgan fingerprint density at radius 2 is 1.93 bits per heavy atom. The van der Waals surface area contributed by atoms with Gasteiger partial charge in [0.2, 0.25) is 11.8 Å². The third-order valence-corrected chi connectivity index (χ3v) is 8.31. The van der Waals surface area contributed by atoms with Crippen LogP contribution in [0.4, 0.5) is 23.2 Å². The molecule has 0 saturated heterocycles. The van der Waals surface area contributed by atoms with Crippen LogP contribution in [0.25, 0.3) is 16.9 Å². The summed E-state index contributed by atoms with van der Waals surface area (Å²) in [4.78, 5) is 26.9. The van der Waals surface area contributed by atoms with Gasteiger partial charge in [-0.3, -0.25) is 4.79 Å². The smallest absolute Gasteiger partial charge is 0.324 e. The molecular formula is C28H24F4N6O3. The van der Waals surface area contributed by atoms with Crippen molar-refractivity contribution in [3.8, 4) is 23.1 Å². The number of carbonyl (C=O) groups excluding carboxylic acids is 1. The summed E-state index contributed by atoms with van der Waals surface area (Å²) in [5, 5.41) is 4.65. The van der Waals surface area contributed by atoms with Gasteiger partial charge in [-0.1, -0.05) is 12.1 Å². The molecule has 1 amide bonds. The molecule has 3 aliphatic rings. The van der Waals surface area contributed by atoms with Crippen LogP contribution in [0, 0.1) is 0 Å². The van der Waals surface area contributed by atoms with Crippen molar-refractivity contribution in [1.82, 2.24) is 24.6 Å². The summed E-state index contributed by atoms with van der Waals surface area (Å²) >= 11 is 0. The molecule has 13 heteroatoms. The number of benzene rings is 1. The summed E-state index contributed by atoms with van der Waals surface area (Å²) in [5.41, 5.74) is 3.63. The van der Waals surface area contributed by atoms with E-state index in [4.69, 9.17) is 9.47 Å². The monoisotopic (exact) mass is 568 g/mol. The number of anilines is 1. The lowest BCUT2D eigenvalue weighted by atomic mass is 9.95. The zero-order valence-electron chi connectivity index (χ0n) is 22.0. The molecule has 1 aliphatic heterocycles. The third kappa shape index (κ3) is 3.92. The molecule has 4 heterocycles. The van der Waals surface area contributed by atoms with E-state index in [2.05, 4.69) is 20.1 Å². The molecule has 0 unspecified atom stereocenters. The van der Waals surface area contributed by atoms with E-state index < -0.39 is 30.2 Å². The van der Waals surface area contributed by atoms with Crippen molar-refractivity contribution in [2.24, 2.45) is 0 Å². The number of hydrogen-bond acceptors (Lipinski definition) is 7. The Balaban J connectivity index is 1.24. The number of fused-ring (bicyclic) bond motifs is 3. The first-order chi connectivity index (χ1) is 19.7. The summed E-state index contributed by atoms with van der Waals surface area (Å²) < 4.78 is 66.5. The van der Waals surface area contributed by atoms with Crippen molar-refractivity contribution in [3.63, 3.8) is 0 Å². The van der Waals surface area contributed by atoms with Gasteiger partial charge in [0.25, 0.3) is 0 Å². The number of imidazole rings is 1. The van der Waals surface area contributed by atoms with Crippen LogP contribution in [-0.2, 0) is 10.2 Å². The maximum absolute atomic E-state index is 14.1. The number of rotatable bonds is 8. The summed E-state index contributed by atoms with van der Waals surface area (Å²) in [7, 11) is 2.95. The second-order valence-electron chi connectivity index (χ2n) is 10.7. The van der Waals surface area contributed by atoms with E-state index in [0.717, 1.165) is 22.4 Å². The van der Waals surface area contributed by atoms with E-state index in [1.165, 1.54) is 14.2 Å². The summed E-state index contributed by atoms with van der Waals surface area (Å²) in [5.74, 6) is -4.51. The predicted molar refractivity (Wildman–Crippen MR) is 138 cm³/mol. The van der Waals surface area contributed by atoms with Crippen LogP contribution in [0.5, 0.6) is 11.9 Å². The molecule has 0 N–H and O–H groups in total. The molecular weight excluding hydrogens is 544 g/mol. The van der Waals surface area contributed by atoms with Gasteiger partial charge >= 0.3 is 18.4 Å². The maximum Gasteiger partial charge on any atom is 0.324 e. The average molecular weight is 569 g/mol. The molecule has 0 radical (unpaired) electrons.